The zero-order chi connectivity index (χ0) is 76.8. The van der Waals surface area contributed by atoms with E-state index in [1.54, 1.807) is 24.3 Å². The largest absolute Gasteiger partial charge is 0.478 e. The number of pyridine rings is 2. The number of likely N-dealkylation sites (N-methyl/N-ethyl adjacent to an activating group) is 2. The van der Waals surface area contributed by atoms with Crippen LogP contribution >= 0.6 is 0 Å². The molecule has 4 aromatic carbocycles. The van der Waals surface area contributed by atoms with Crippen molar-refractivity contribution in [2.45, 2.75) is 168 Å². The fraction of sp³-hybridized carbons (Fsp3) is 0.480. The molecule has 0 saturated carbocycles. The van der Waals surface area contributed by atoms with Gasteiger partial charge in [0, 0.05) is 105 Å². The maximum atomic E-state index is 15.3. The molecule has 4 amide bonds. The molecule has 568 valence electrons. The molecule has 2 saturated heterocycles. The van der Waals surface area contributed by atoms with E-state index in [4.69, 9.17) is 16.2 Å². The van der Waals surface area contributed by atoms with Gasteiger partial charge in [-0.25, -0.2) is 18.4 Å². The van der Waals surface area contributed by atoms with Crippen LogP contribution in [-0.2, 0) is 17.1 Å². The number of halogens is 8. The van der Waals surface area contributed by atoms with Gasteiger partial charge in [-0.1, -0.05) is 63.5 Å². The minimum atomic E-state index is -4.96. The molecular weight excluding hydrogens is 1360 g/mol. The lowest BCUT2D eigenvalue weighted by Crippen LogP contribution is -2.55. The molecule has 2 aliphatic rings. The first-order valence-corrected chi connectivity index (χ1v) is 34.9. The SMILES string of the molecule is CC(C)(C)OC(=O)NCCCCCCCCN.C[C@@H]1CN(c2ccc(-c3cc(C(=O)NCCCCCCCCN)ccc3F)cc2NC(=O)c2c[nH]c(=O)cc2C(F)(F)F)C[C@H](C)N1C.C[C@@H]1CN(c2ccc(-c3cc(C(=O)O)ccc3F)cc2NC(=O)c2c[nH]c(=O)cc2C(F)(F)F)C[C@H](C)N1C. The number of carbonyl (C=O) groups is 5. The molecule has 21 nitrogen and oxygen atoms in total. The van der Waals surface area contributed by atoms with Crippen LogP contribution < -0.4 is 53.7 Å². The Labute approximate surface area is 600 Å². The summed E-state index contributed by atoms with van der Waals surface area (Å²) < 4.78 is 117. The third-order valence-electron chi connectivity index (χ3n) is 18.1. The number of alkyl carbamates (subject to hydrolysis) is 1. The number of amides is 4. The molecule has 0 radical (unpaired) electrons. The van der Waals surface area contributed by atoms with Gasteiger partial charge >= 0.3 is 24.4 Å². The summed E-state index contributed by atoms with van der Waals surface area (Å²) in [5, 5.41) is 20.1. The van der Waals surface area contributed by atoms with Crippen LogP contribution in [0.15, 0.2) is 107 Å². The van der Waals surface area contributed by atoms with Gasteiger partial charge in [0.05, 0.1) is 50.6 Å². The van der Waals surface area contributed by atoms with E-state index in [0.29, 0.717) is 81.1 Å². The number of hydrogen-bond donors (Lipinski definition) is 9. The summed E-state index contributed by atoms with van der Waals surface area (Å²) in [5.41, 5.74) is 6.09. The van der Waals surface area contributed by atoms with Crippen molar-refractivity contribution in [2.75, 3.05) is 86.9 Å². The highest BCUT2D eigenvalue weighted by molar-refractivity contribution is 6.08. The lowest BCUT2D eigenvalue weighted by atomic mass is 9.99. The lowest BCUT2D eigenvalue weighted by Gasteiger charge is -2.44. The van der Waals surface area contributed by atoms with E-state index in [-0.39, 0.29) is 75.4 Å². The fourth-order valence-corrected chi connectivity index (χ4v) is 12.1. The van der Waals surface area contributed by atoms with Crippen molar-refractivity contribution in [1.29, 1.82) is 0 Å². The van der Waals surface area contributed by atoms with Gasteiger partial charge in [-0.2, -0.15) is 26.3 Å². The van der Waals surface area contributed by atoms with Crippen molar-refractivity contribution >= 4 is 52.5 Å². The third kappa shape index (κ3) is 24.7. The quantitative estimate of drug-likeness (QED) is 0.0180. The average Bonchev–Trinajstić information content (AvgIpc) is 0.774. The number of benzene rings is 4. The Balaban J connectivity index is 0.000000271. The number of carboxylic acids is 1. The molecule has 2 aliphatic heterocycles. The van der Waals surface area contributed by atoms with Gasteiger partial charge in [-0.15, -0.1) is 0 Å². The van der Waals surface area contributed by atoms with Crippen LogP contribution in [0.5, 0.6) is 0 Å². The van der Waals surface area contributed by atoms with E-state index >= 15 is 4.39 Å². The summed E-state index contributed by atoms with van der Waals surface area (Å²) in [7, 11) is 3.98. The van der Waals surface area contributed by atoms with Crippen LogP contribution in [0.1, 0.15) is 178 Å². The van der Waals surface area contributed by atoms with Gasteiger partial charge in [-0.05, 0) is 173 Å². The first kappa shape index (κ1) is 83.8. The Morgan fingerprint density at radius 2 is 0.875 bits per heavy atom. The predicted octanol–water partition coefficient (Wildman–Crippen LogP) is 13.5. The number of nitrogens with zero attached hydrogens (tertiary/aromatic N) is 4. The van der Waals surface area contributed by atoms with Gasteiger partial charge in [0.25, 0.3) is 17.7 Å². The Morgan fingerprint density at radius 3 is 1.25 bits per heavy atom. The average molecular weight is 1460 g/mol. The number of aromatic amines is 2. The number of hydrogen-bond acceptors (Lipinski definition) is 14. The standard InChI is InChI=1S/C35H44F4N6O3.C27H26F4N4O4.C13H28N2O2/c1-22-20-45(21-23(2)44(22)3)31-13-11-24(17-30(31)43-34(48)27-19-42-32(46)18-28(27)35(37,38)39)26-16-25(10-12-29(26)36)33(47)41-15-9-7-5-4-6-8-14-40;1-14-12-35(13-15(2)34(14)3)23-7-5-16(18-8-17(26(38)39)4-6-21(18)28)9-22(23)33-25(37)19-11-32-24(36)10-20(19)27(29,30)31;1-13(2,3)17-12(16)15-11-9-7-5-4-6-8-10-14/h10-13,16-19,22-23H,4-9,14-15,20-21,40H2,1-3H3,(H,41,47)(H,42,46)(H,43,48);4-11,14-15H,12-13H2,1-3H3,(H,32,36)(H,33,37)(H,38,39);4-11,14H2,1-3H3,(H,15,16)/t22-,23+;14-,15+;. The fourth-order valence-electron chi connectivity index (χ4n) is 12.1. The van der Waals surface area contributed by atoms with Gasteiger partial charge in [0.2, 0.25) is 11.1 Å². The van der Waals surface area contributed by atoms with Crippen LogP contribution in [0.2, 0.25) is 0 Å². The highest BCUT2D eigenvalue weighted by Gasteiger charge is 2.38. The number of rotatable bonds is 26. The lowest BCUT2D eigenvalue weighted by molar-refractivity contribution is -0.138. The van der Waals surface area contributed by atoms with E-state index < -0.39 is 80.7 Å². The summed E-state index contributed by atoms with van der Waals surface area (Å²) >= 11 is 0. The number of H-pyrrole nitrogens is 2. The number of aromatic carboxylic acids is 1. The number of piperazine rings is 2. The number of carboxylic acid groups (broad SMARTS) is 1. The van der Waals surface area contributed by atoms with Crippen molar-refractivity contribution in [2.24, 2.45) is 11.5 Å². The number of anilines is 4. The van der Waals surface area contributed by atoms with Gasteiger partial charge in [0.1, 0.15) is 17.2 Å². The maximum absolute atomic E-state index is 15.3. The summed E-state index contributed by atoms with van der Waals surface area (Å²) in [5.74, 6) is -5.18. The van der Waals surface area contributed by atoms with Crippen molar-refractivity contribution in [3.8, 4) is 22.3 Å². The van der Waals surface area contributed by atoms with Crippen molar-refractivity contribution in [3.63, 3.8) is 0 Å². The van der Waals surface area contributed by atoms with Crippen LogP contribution in [0.4, 0.5) is 62.7 Å². The number of unbranched alkanes of at least 4 members (excludes halogenated alkanes) is 10. The molecule has 104 heavy (non-hydrogen) atoms. The van der Waals surface area contributed by atoms with Crippen molar-refractivity contribution < 1.29 is 68.9 Å². The smallest absolute Gasteiger partial charge is 0.417 e. The molecule has 4 heterocycles. The highest BCUT2D eigenvalue weighted by atomic mass is 19.4. The van der Waals surface area contributed by atoms with Gasteiger partial charge in [-0.3, -0.25) is 33.8 Å². The summed E-state index contributed by atoms with van der Waals surface area (Å²) in [6.07, 6.45) is 4.16. The summed E-state index contributed by atoms with van der Waals surface area (Å²) in [6, 6.07) is 17.8. The minimum absolute atomic E-state index is 0.0583. The molecule has 8 rings (SSSR count). The Morgan fingerprint density at radius 1 is 0.510 bits per heavy atom. The predicted molar refractivity (Wildman–Crippen MR) is 389 cm³/mol. The second kappa shape index (κ2) is 38.5. The molecule has 11 N–H and O–H groups in total. The zero-order valence-corrected chi connectivity index (χ0v) is 60.4. The minimum Gasteiger partial charge on any atom is -0.478 e. The molecule has 0 unspecified atom stereocenters. The van der Waals surface area contributed by atoms with E-state index in [1.165, 1.54) is 49.6 Å². The number of aromatic nitrogens is 2. The number of ether oxygens (including phenoxy) is 1. The Kier molecular flexibility index (Phi) is 31.0. The molecular formula is C75H98F8N12O9. The van der Waals surface area contributed by atoms with E-state index in [9.17, 15) is 69.4 Å². The molecule has 0 aliphatic carbocycles. The van der Waals surface area contributed by atoms with Gasteiger partial charge < -0.3 is 62.3 Å². The third-order valence-corrected chi connectivity index (χ3v) is 18.1. The monoisotopic (exact) mass is 1460 g/mol. The van der Waals surface area contributed by atoms with E-state index in [1.807, 2.05) is 72.4 Å². The first-order chi connectivity index (χ1) is 49.0. The van der Waals surface area contributed by atoms with Crippen LogP contribution in [0, 0.1) is 11.6 Å². The van der Waals surface area contributed by atoms with Crippen molar-refractivity contribution in [1.82, 2.24) is 30.4 Å². The number of carbonyl (C=O) groups excluding carboxylic acids is 4. The molecule has 29 heteroatoms. The number of alkyl halides is 6. The van der Waals surface area contributed by atoms with E-state index in [0.717, 1.165) is 88.7 Å². The summed E-state index contributed by atoms with van der Waals surface area (Å²) in [4.78, 5) is 98.1. The molecule has 2 aromatic heterocycles. The second-order valence-electron chi connectivity index (χ2n) is 27.4. The molecule has 2 fully saturated rings. The molecule has 6 aromatic rings. The summed E-state index contributed by atoms with van der Waals surface area (Å²) in [6.45, 7) is 18.6. The maximum Gasteiger partial charge on any atom is 0.417 e. The van der Waals surface area contributed by atoms with Gasteiger partial charge in [0.15, 0.2) is 0 Å². The normalized spacial score (nSPS) is 16.5. The Hall–Kier alpha value is -9.19. The second-order valence-corrected chi connectivity index (χ2v) is 27.4. The topological polar surface area (TPSA) is 294 Å². The van der Waals surface area contributed by atoms with Crippen LogP contribution in [-0.4, -0.2) is 151 Å². The highest BCUT2D eigenvalue weighted by Crippen LogP contribution is 2.39. The Bertz CT molecular complexity index is 3990. The molecule has 4 atom stereocenters. The van der Waals surface area contributed by atoms with Crippen LogP contribution in [0.3, 0.4) is 0 Å². The van der Waals surface area contributed by atoms with Crippen LogP contribution in [0.25, 0.3) is 22.3 Å². The van der Waals surface area contributed by atoms with Crippen molar-refractivity contribution in [3.05, 3.63) is 163 Å². The first-order valence-electron chi connectivity index (χ1n) is 34.9. The number of nitrogens with two attached hydrogens (primary N) is 2. The van der Waals surface area contributed by atoms with E-state index in [2.05, 4.69) is 41.0 Å². The molecule has 0 bridgehead atoms. The zero-order valence-electron chi connectivity index (χ0n) is 60.4. The number of nitrogens with one attached hydrogen (secondary N) is 6. The molecule has 0 spiro atoms.